The van der Waals surface area contributed by atoms with Crippen LogP contribution >= 0.6 is 0 Å². The Balaban J connectivity index is 2.85. The Bertz CT molecular complexity index is 434. The van der Waals surface area contributed by atoms with Crippen molar-refractivity contribution in [2.24, 2.45) is 0 Å². The number of carbonyl (C=O) groups is 1. The Morgan fingerprint density at radius 1 is 1.43 bits per heavy atom. The fraction of sp³-hybridized carbons (Fsp3) is 0.588. The van der Waals surface area contributed by atoms with Crippen molar-refractivity contribution in [2.45, 2.75) is 51.6 Å². The lowest BCUT2D eigenvalue weighted by Gasteiger charge is -2.29. The normalized spacial score (nSPS) is 19.0. The number of hydrogen-bond acceptors (Lipinski definition) is 4. The minimum atomic E-state index is -1.61. The van der Waals surface area contributed by atoms with Gasteiger partial charge in [0.05, 0.1) is 20.0 Å². The van der Waals surface area contributed by atoms with Gasteiger partial charge in [-0.25, -0.2) is 4.79 Å². The van der Waals surface area contributed by atoms with Crippen LogP contribution in [0.2, 0.25) is 0 Å². The third-order valence-electron chi connectivity index (χ3n) is 3.65. The lowest BCUT2D eigenvalue weighted by atomic mass is 9.82. The summed E-state index contributed by atoms with van der Waals surface area (Å²) in [5.41, 5.74) is -0.225. The Hall–Kier alpha value is -1.55. The Morgan fingerprint density at radius 3 is 2.81 bits per heavy atom. The second kappa shape index (κ2) is 8.67. The molecule has 118 valence electrons. The predicted molar refractivity (Wildman–Crippen MR) is 82.7 cm³/mol. The number of hydrogen-bond donors (Lipinski definition) is 1. The highest BCUT2D eigenvalue weighted by Gasteiger charge is 2.41. The van der Waals surface area contributed by atoms with E-state index in [1.165, 1.54) is 7.11 Å². The lowest BCUT2D eigenvalue weighted by Crippen LogP contribution is -2.42. The lowest BCUT2D eigenvalue weighted by molar-refractivity contribution is -0.158. The van der Waals surface area contributed by atoms with Gasteiger partial charge in [-0.3, -0.25) is 0 Å². The Labute approximate surface area is 127 Å². The van der Waals surface area contributed by atoms with E-state index < -0.39 is 11.6 Å². The fourth-order valence-corrected chi connectivity index (χ4v) is 2.30. The van der Waals surface area contributed by atoms with Gasteiger partial charge in [0, 0.05) is 5.57 Å². The number of allylic oxidation sites excluding steroid dienone is 3. The first-order valence-corrected chi connectivity index (χ1v) is 7.59. The first kappa shape index (κ1) is 17.5. The molecule has 0 spiro atoms. The van der Waals surface area contributed by atoms with Gasteiger partial charge in [-0.1, -0.05) is 44.9 Å². The van der Waals surface area contributed by atoms with E-state index in [4.69, 9.17) is 9.47 Å². The van der Waals surface area contributed by atoms with Crippen LogP contribution in [-0.2, 0) is 14.3 Å². The molecular formula is C17H26O4. The molecule has 4 nitrogen and oxygen atoms in total. The van der Waals surface area contributed by atoms with Crippen molar-refractivity contribution in [3.63, 3.8) is 0 Å². The van der Waals surface area contributed by atoms with E-state index in [0.29, 0.717) is 18.6 Å². The van der Waals surface area contributed by atoms with E-state index in [1.807, 2.05) is 12.2 Å². The number of methoxy groups -OCH3 is 1. The molecule has 0 saturated carbocycles. The highest BCUT2D eigenvalue weighted by atomic mass is 16.5. The van der Waals surface area contributed by atoms with Crippen LogP contribution in [0.1, 0.15) is 46.0 Å². The quantitative estimate of drug-likeness (QED) is 0.424. The zero-order valence-electron chi connectivity index (χ0n) is 13.2. The number of esters is 1. The van der Waals surface area contributed by atoms with Crippen LogP contribution in [0.5, 0.6) is 0 Å². The number of unbranched alkanes of at least 4 members (excludes halogenated alkanes) is 2. The molecule has 0 heterocycles. The highest BCUT2D eigenvalue weighted by Crippen LogP contribution is 2.33. The largest absolute Gasteiger partial charge is 0.501 e. The Morgan fingerprint density at radius 2 is 2.19 bits per heavy atom. The van der Waals surface area contributed by atoms with Gasteiger partial charge in [0.25, 0.3) is 0 Å². The molecule has 0 saturated heterocycles. The second-order valence-electron chi connectivity index (χ2n) is 5.14. The van der Waals surface area contributed by atoms with E-state index in [9.17, 15) is 9.90 Å². The fourth-order valence-electron chi connectivity index (χ4n) is 2.30. The standard InChI is InChI=1S/C17H26O4/c1-4-6-9-12-21-13-14-10-7-8-11-15(14)17(19,5-2)16(18)20-3/h7-8,11,13,19H,4-6,9-10,12H2,1-3H3. The maximum absolute atomic E-state index is 11.9. The predicted octanol–water partition coefficient (Wildman–Crippen LogP) is 3.28. The number of carbonyl (C=O) groups excluding carboxylic acids is 1. The summed E-state index contributed by atoms with van der Waals surface area (Å²) in [6, 6.07) is 0. The molecule has 0 aromatic heterocycles. The van der Waals surface area contributed by atoms with Gasteiger partial charge in [0.1, 0.15) is 0 Å². The van der Waals surface area contributed by atoms with Crippen LogP contribution in [0, 0.1) is 0 Å². The van der Waals surface area contributed by atoms with E-state index >= 15 is 0 Å². The topological polar surface area (TPSA) is 55.8 Å². The van der Waals surface area contributed by atoms with Crippen molar-refractivity contribution in [3.8, 4) is 0 Å². The van der Waals surface area contributed by atoms with Gasteiger partial charge < -0.3 is 14.6 Å². The molecule has 1 N–H and O–H groups in total. The van der Waals surface area contributed by atoms with Gasteiger partial charge in [0.15, 0.2) is 5.60 Å². The summed E-state index contributed by atoms with van der Waals surface area (Å²) in [6.45, 7) is 4.55. The molecule has 4 heteroatoms. The molecule has 1 aliphatic carbocycles. The highest BCUT2D eigenvalue weighted by molar-refractivity contribution is 5.85. The number of ether oxygens (including phenoxy) is 2. The van der Waals surface area contributed by atoms with Crippen LogP contribution in [0.4, 0.5) is 0 Å². The van der Waals surface area contributed by atoms with Gasteiger partial charge >= 0.3 is 5.97 Å². The first-order chi connectivity index (χ1) is 10.1. The van der Waals surface area contributed by atoms with E-state index in [0.717, 1.165) is 24.8 Å². The summed E-state index contributed by atoms with van der Waals surface area (Å²) >= 11 is 0. The molecule has 1 aliphatic rings. The van der Waals surface area contributed by atoms with E-state index in [1.54, 1.807) is 19.3 Å². The van der Waals surface area contributed by atoms with Crippen molar-refractivity contribution in [3.05, 3.63) is 35.6 Å². The Kier molecular flexibility index (Phi) is 7.23. The van der Waals surface area contributed by atoms with E-state index in [-0.39, 0.29) is 6.42 Å². The van der Waals surface area contributed by atoms with Crippen molar-refractivity contribution in [2.75, 3.05) is 13.7 Å². The number of rotatable bonds is 8. The summed E-state index contributed by atoms with van der Waals surface area (Å²) in [7, 11) is 1.28. The van der Waals surface area contributed by atoms with Crippen molar-refractivity contribution >= 4 is 5.97 Å². The molecule has 0 fully saturated rings. The third-order valence-corrected chi connectivity index (χ3v) is 3.65. The molecule has 0 aromatic carbocycles. The third kappa shape index (κ3) is 4.46. The SMILES string of the molecule is CCCCCOC=C1CC=CC=C1C(O)(CC)C(=O)OC. The van der Waals surface area contributed by atoms with Crippen LogP contribution in [0.25, 0.3) is 0 Å². The van der Waals surface area contributed by atoms with Crippen LogP contribution in [0.15, 0.2) is 35.6 Å². The zero-order valence-corrected chi connectivity index (χ0v) is 13.2. The summed E-state index contributed by atoms with van der Waals surface area (Å²) in [5, 5.41) is 10.7. The van der Waals surface area contributed by atoms with Crippen LogP contribution in [0.3, 0.4) is 0 Å². The molecular weight excluding hydrogens is 268 g/mol. The number of aliphatic hydroxyl groups is 1. The van der Waals surface area contributed by atoms with Crippen LogP contribution in [-0.4, -0.2) is 30.4 Å². The van der Waals surface area contributed by atoms with Crippen LogP contribution < -0.4 is 0 Å². The van der Waals surface area contributed by atoms with Gasteiger partial charge in [0.2, 0.25) is 0 Å². The monoisotopic (exact) mass is 294 g/mol. The molecule has 1 atom stereocenters. The van der Waals surface area contributed by atoms with Gasteiger partial charge in [-0.05, 0) is 24.8 Å². The molecule has 0 bridgehead atoms. The van der Waals surface area contributed by atoms with E-state index in [2.05, 4.69) is 6.92 Å². The zero-order chi connectivity index (χ0) is 15.7. The smallest absolute Gasteiger partial charge is 0.342 e. The molecule has 0 aliphatic heterocycles. The first-order valence-electron chi connectivity index (χ1n) is 7.59. The second-order valence-corrected chi connectivity index (χ2v) is 5.14. The molecule has 21 heavy (non-hydrogen) atoms. The molecule has 0 radical (unpaired) electrons. The molecule has 0 amide bonds. The summed E-state index contributed by atoms with van der Waals surface area (Å²) in [6.07, 6.45) is 11.4. The van der Waals surface area contributed by atoms with Crippen molar-refractivity contribution < 1.29 is 19.4 Å². The average molecular weight is 294 g/mol. The van der Waals surface area contributed by atoms with Crippen molar-refractivity contribution in [1.29, 1.82) is 0 Å². The summed E-state index contributed by atoms with van der Waals surface area (Å²) in [5.74, 6) is -0.636. The maximum Gasteiger partial charge on any atom is 0.342 e. The average Bonchev–Trinajstić information content (AvgIpc) is 2.53. The van der Waals surface area contributed by atoms with Gasteiger partial charge in [-0.15, -0.1) is 0 Å². The van der Waals surface area contributed by atoms with Gasteiger partial charge in [-0.2, -0.15) is 0 Å². The summed E-state index contributed by atoms with van der Waals surface area (Å²) < 4.78 is 10.3. The summed E-state index contributed by atoms with van der Waals surface area (Å²) in [4.78, 5) is 11.9. The molecule has 0 aromatic rings. The minimum absolute atomic E-state index is 0.256. The molecule has 1 unspecified atom stereocenters. The molecule has 1 rings (SSSR count). The van der Waals surface area contributed by atoms with Crippen molar-refractivity contribution in [1.82, 2.24) is 0 Å². The maximum atomic E-state index is 11.9. The minimum Gasteiger partial charge on any atom is -0.501 e.